The zero-order valence-corrected chi connectivity index (χ0v) is 15.2. The van der Waals surface area contributed by atoms with Crippen molar-refractivity contribution in [3.05, 3.63) is 64.2 Å². The lowest BCUT2D eigenvalue weighted by Crippen LogP contribution is -2.09. The SMILES string of the molecule is Cc1ccc(CCC(=O)CC(=O)CCc2ccc(O)c(C=O)c2)cc1C. The molecule has 1 N–H and O–H groups in total. The van der Waals surface area contributed by atoms with Crippen LogP contribution in [0.2, 0.25) is 0 Å². The monoisotopic (exact) mass is 352 g/mol. The number of aryl methyl sites for hydroxylation is 4. The van der Waals surface area contributed by atoms with E-state index >= 15 is 0 Å². The molecule has 0 bridgehead atoms. The van der Waals surface area contributed by atoms with Crippen LogP contribution in [0.4, 0.5) is 0 Å². The van der Waals surface area contributed by atoms with Crippen LogP contribution in [0.15, 0.2) is 36.4 Å². The van der Waals surface area contributed by atoms with E-state index in [-0.39, 0.29) is 35.7 Å². The van der Waals surface area contributed by atoms with Crippen molar-refractivity contribution in [1.29, 1.82) is 0 Å². The van der Waals surface area contributed by atoms with Crippen LogP contribution in [0.25, 0.3) is 0 Å². The van der Waals surface area contributed by atoms with E-state index in [1.54, 1.807) is 12.1 Å². The summed E-state index contributed by atoms with van der Waals surface area (Å²) in [6, 6.07) is 10.8. The van der Waals surface area contributed by atoms with E-state index in [0.717, 1.165) is 11.1 Å². The lowest BCUT2D eigenvalue weighted by atomic mass is 9.99. The maximum Gasteiger partial charge on any atom is 0.153 e. The van der Waals surface area contributed by atoms with E-state index in [0.29, 0.717) is 25.5 Å². The van der Waals surface area contributed by atoms with Gasteiger partial charge in [-0.05, 0) is 61.1 Å². The lowest BCUT2D eigenvalue weighted by Gasteiger charge is -2.06. The fourth-order valence-electron chi connectivity index (χ4n) is 2.78. The Labute approximate surface area is 153 Å². The van der Waals surface area contributed by atoms with Crippen LogP contribution in [0.1, 0.15) is 51.9 Å². The Morgan fingerprint density at radius 3 is 2.04 bits per heavy atom. The minimum atomic E-state index is -0.101. The molecule has 0 heterocycles. The van der Waals surface area contributed by atoms with Crippen molar-refractivity contribution in [3.63, 3.8) is 0 Å². The molecule has 0 saturated heterocycles. The topological polar surface area (TPSA) is 71.4 Å². The number of hydrogen-bond donors (Lipinski definition) is 1. The Bertz CT molecular complexity index is 821. The highest BCUT2D eigenvalue weighted by Crippen LogP contribution is 2.18. The van der Waals surface area contributed by atoms with E-state index in [9.17, 15) is 19.5 Å². The number of hydrogen-bond acceptors (Lipinski definition) is 4. The maximum atomic E-state index is 12.0. The summed E-state index contributed by atoms with van der Waals surface area (Å²) in [6.07, 6.45) is 2.24. The summed E-state index contributed by atoms with van der Waals surface area (Å²) >= 11 is 0. The average Bonchev–Trinajstić information content (AvgIpc) is 2.62. The Balaban J connectivity index is 1.79. The second-order valence-electron chi connectivity index (χ2n) is 6.68. The summed E-state index contributed by atoms with van der Waals surface area (Å²) in [5, 5.41) is 9.47. The number of phenolic OH excluding ortho intramolecular Hbond substituents is 1. The molecule has 0 aromatic heterocycles. The molecule has 0 aliphatic heterocycles. The standard InChI is InChI=1S/C22H24O4/c1-15-3-4-17(11-16(15)2)5-8-20(24)13-21(25)9-6-18-7-10-22(26)19(12-18)14-23/h3-4,7,10-12,14,26H,5-6,8-9,13H2,1-2H3. The van der Waals surface area contributed by atoms with Gasteiger partial charge in [0.1, 0.15) is 17.3 Å². The van der Waals surface area contributed by atoms with Crippen molar-refractivity contribution < 1.29 is 19.5 Å². The minimum Gasteiger partial charge on any atom is -0.507 e. The van der Waals surface area contributed by atoms with Crippen molar-refractivity contribution in [2.75, 3.05) is 0 Å². The number of ketones is 2. The average molecular weight is 352 g/mol. The number of aromatic hydroxyl groups is 1. The number of aldehydes is 1. The highest BCUT2D eigenvalue weighted by molar-refractivity contribution is 5.99. The van der Waals surface area contributed by atoms with Gasteiger partial charge < -0.3 is 5.11 Å². The molecule has 2 rings (SSSR count). The van der Waals surface area contributed by atoms with E-state index in [2.05, 4.69) is 13.0 Å². The van der Waals surface area contributed by atoms with Gasteiger partial charge in [0.2, 0.25) is 0 Å². The summed E-state index contributed by atoms with van der Waals surface area (Å²) in [4.78, 5) is 34.9. The zero-order valence-electron chi connectivity index (χ0n) is 15.2. The van der Waals surface area contributed by atoms with Crippen molar-refractivity contribution in [2.24, 2.45) is 0 Å². The smallest absolute Gasteiger partial charge is 0.153 e. The minimum absolute atomic E-state index is 0.0486. The van der Waals surface area contributed by atoms with Gasteiger partial charge in [-0.25, -0.2) is 0 Å². The van der Waals surface area contributed by atoms with E-state index < -0.39 is 0 Å². The third-order valence-corrected chi connectivity index (χ3v) is 4.57. The molecule has 2 aromatic carbocycles. The van der Waals surface area contributed by atoms with Crippen LogP contribution in [0.3, 0.4) is 0 Å². The first-order valence-corrected chi connectivity index (χ1v) is 8.75. The van der Waals surface area contributed by atoms with Crippen LogP contribution >= 0.6 is 0 Å². The number of rotatable bonds is 9. The van der Waals surface area contributed by atoms with Crippen LogP contribution < -0.4 is 0 Å². The second-order valence-corrected chi connectivity index (χ2v) is 6.68. The van der Waals surface area contributed by atoms with Gasteiger partial charge in [0.05, 0.1) is 12.0 Å². The van der Waals surface area contributed by atoms with Gasteiger partial charge in [-0.15, -0.1) is 0 Å². The summed E-state index contributed by atoms with van der Waals surface area (Å²) in [5.41, 5.74) is 4.54. The molecule has 0 radical (unpaired) electrons. The molecule has 2 aromatic rings. The van der Waals surface area contributed by atoms with Gasteiger partial charge in [0.25, 0.3) is 0 Å². The fourth-order valence-corrected chi connectivity index (χ4v) is 2.78. The molecule has 0 saturated carbocycles. The van der Waals surface area contributed by atoms with Gasteiger partial charge in [0.15, 0.2) is 6.29 Å². The van der Waals surface area contributed by atoms with Gasteiger partial charge in [-0.3, -0.25) is 14.4 Å². The third-order valence-electron chi connectivity index (χ3n) is 4.57. The highest BCUT2D eigenvalue weighted by atomic mass is 16.3. The quantitative estimate of drug-likeness (QED) is 0.548. The van der Waals surface area contributed by atoms with Crippen LogP contribution in [-0.2, 0) is 22.4 Å². The molecule has 0 aliphatic carbocycles. The van der Waals surface area contributed by atoms with Gasteiger partial charge in [-0.2, -0.15) is 0 Å². The second kappa shape index (κ2) is 9.09. The largest absolute Gasteiger partial charge is 0.507 e. The number of carbonyl (C=O) groups excluding carboxylic acids is 3. The first kappa shape index (κ1) is 19.6. The summed E-state index contributed by atoms with van der Waals surface area (Å²) in [6.45, 7) is 4.10. The Morgan fingerprint density at radius 1 is 0.885 bits per heavy atom. The summed E-state index contributed by atoms with van der Waals surface area (Å²) < 4.78 is 0. The maximum absolute atomic E-state index is 12.0. The van der Waals surface area contributed by atoms with Crippen LogP contribution in [0.5, 0.6) is 5.75 Å². The van der Waals surface area contributed by atoms with Crippen molar-refractivity contribution in [2.45, 2.75) is 46.0 Å². The van der Waals surface area contributed by atoms with Gasteiger partial charge in [0, 0.05) is 12.8 Å². The first-order valence-electron chi connectivity index (χ1n) is 8.75. The molecule has 0 amide bonds. The summed E-state index contributed by atoms with van der Waals surface area (Å²) in [7, 11) is 0. The van der Waals surface area contributed by atoms with Crippen molar-refractivity contribution >= 4 is 17.9 Å². The van der Waals surface area contributed by atoms with E-state index in [1.165, 1.54) is 17.2 Å². The number of benzene rings is 2. The molecule has 0 fully saturated rings. The highest BCUT2D eigenvalue weighted by Gasteiger charge is 2.11. The zero-order chi connectivity index (χ0) is 19.1. The number of Topliss-reactive ketones (excluding diaryl/α,β-unsaturated/α-hetero) is 2. The van der Waals surface area contributed by atoms with Crippen LogP contribution in [-0.4, -0.2) is 23.0 Å². The first-order chi connectivity index (χ1) is 12.4. The van der Waals surface area contributed by atoms with Crippen molar-refractivity contribution in [3.8, 4) is 5.75 Å². The summed E-state index contributed by atoms with van der Waals surface area (Å²) in [5.74, 6) is -0.222. The molecule has 0 atom stereocenters. The molecule has 26 heavy (non-hydrogen) atoms. The number of carbonyl (C=O) groups is 3. The lowest BCUT2D eigenvalue weighted by molar-refractivity contribution is -0.126. The predicted octanol–water partition coefficient (Wildman–Crippen LogP) is 3.92. The van der Waals surface area contributed by atoms with E-state index in [1.807, 2.05) is 19.1 Å². The van der Waals surface area contributed by atoms with Crippen molar-refractivity contribution in [1.82, 2.24) is 0 Å². The number of phenols is 1. The Hall–Kier alpha value is -2.75. The van der Waals surface area contributed by atoms with Gasteiger partial charge >= 0.3 is 0 Å². The third kappa shape index (κ3) is 5.66. The molecular weight excluding hydrogens is 328 g/mol. The van der Waals surface area contributed by atoms with Crippen LogP contribution in [0, 0.1) is 13.8 Å². The molecule has 0 aliphatic rings. The molecule has 136 valence electrons. The molecule has 0 spiro atoms. The molecular formula is C22H24O4. The molecule has 0 unspecified atom stereocenters. The van der Waals surface area contributed by atoms with E-state index in [4.69, 9.17) is 0 Å². The Morgan fingerprint density at radius 2 is 1.46 bits per heavy atom. The Kier molecular flexibility index (Phi) is 6.84. The predicted molar refractivity (Wildman–Crippen MR) is 101 cm³/mol. The van der Waals surface area contributed by atoms with Gasteiger partial charge in [-0.1, -0.05) is 24.3 Å². The molecule has 4 heteroatoms. The molecule has 4 nitrogen and oxygen atoms in total. The normalized spacial score (nSPS) is 10.5. The fraction of sp³-hybridized carbons (Fsp3) is 0.318.